The first-order valence-electron chi connectivity index (χ1n) is 7.67. The van der Waals surface area contributed by atoms with Crippen LogP contribution in [0.3, 0.4) is 0 Å². The Bertz CT molecular complexity index is 565. The van der Waals surface area contributed by atoms with Gasteiger partial charge in [-0.15, -0.1) is 0 Å². The lowest BCUT2D eigenvalue weighted by Crippen LogP contribution is -2.44. The molecule has 0 bridgehead atoms. The summed E-state index contributed by atoms with van der Waals surface area (Å²) in [5, 5.41) is 18.6. The van der Waals surface area contributed by atoms with Gasteiger partial charge in [0.05, 0.1) is 11.7 Å². The summed E-state index contributed by atoms with van der Waals surface area (Å²) < 4.78 is 5.69. The molecule has 0 aliphatic carbocycles. The first kappa shape index (κ1) is 16.3. The van der Waals surface area contributed by atoms with Gasteiger partial charge in [-0.25, -0.2) is 0 Å². The largest absolute Gasteiger partial charge is 0.480 e. The Morgan fingerprint density at radius 1 is 1.50 bits per heavy atom. The summed E-state index contributed by atoms with van der Waals surface area (Å²) in [5.74, 6) is 0.341. The van der Waals surface area contributed by atoms with Crippen molar-refractivity contribution in [1.82, 2.24) is 4.90 Å². The third kappa shape index (κ3) is 3.77. The minimum atomic E-state index is -0.649. The molecule has 1 aromatic rings. The van der Waals surface area contributed by atoms with E-state index in [-0.39, 0.29) is 11.9 Å². The first-order chi connectivity index (χ1) is 10.5. The summed E-state index contributed by atoms with van der Waals surface area (Å²) in [6, 6.07) is 9.03. The number of amides is 1. The number of nitrogens with zero attached hydrogens (tertiary/aromatic N) is 2. The van der Waals surface area contributed by atoms with Gasteiger partial charge in [0.1, 0.15) is 11.8 Å². The molecule has 0 spiro atoms. The predicted molar refractivity (Wildman–Crippen MR) is 82.3 cm³/mol. The van der Waals surface area contributed by atoms with Crippen LogP contribution in [0, 0.1) is 11.3 Å². The molecule has 5 nitrogen and oxygen atoms in total. The van der Waals surface area contributed by atoms with Crippen LogP contribution in [0.15, 0.2) is 24.3 Å². The second-order valence-corrected chi connectivity index (χ2v) is 5.78. The standard InChI is InChI=1S/C17H22N2O3/c1-12(20)10-15-7-5-9-19(15)17(21)13(2)22-16-8-4-3-6-14(16)11-18/h3-4,6,8,12-13,15,20H,5,7,9-10H2,1-2H3. The van der Waals surface area contributed by atoms with Crippen LogP contribution < -0.4 is 4.74 Å². The van der Waals surface area contributed by atoms with Crippen LogP contribution in [0.2, 0.25) is 0 Å². The summed E-state index contributed by atoms with van der Waals surface area (Å²) in [6.45, 7) is 4.14. The lowest BCUT2D eigenvalue weighted by molar-refractivity contribution is -0.139. The maximum atomic E-state index is 12.6. The van der Waals surface area contributed by atoms with E-state index in [4.69, 9.17) is 10.00 Å². The summed E-state index contributed by atoms with van der Waals surface area (Å²) in [7, 11) is 0. The Morgan fingerprint density at radius 2 is 2.23 bits per heavy atom. The van der Waals surface area contributed by atoms with Crippen LogP contribution in [-0.4, -0.2) is 40.7 Å². The van der Waals surface area contributed by atoms with Crippen molar-refractivity contribution < 1.29 is 14.6 Å². The van der Waals surface area contributed by atoms with Crippen LogP contribution >= 0.6 is 0 Å². The molecule has 118 valence electrons. The molecular formula is C17H22N2O3. The molecule has 5 heteroatoms. The average molecular weight is 302 g/mol. The fourth-order valence-corrected chi connectivity index (χ4v) is 2.90. The molecule has 1 amide bonds. The SMILES string of the molecule is CC(O)CC1CCCN1C(=O)C(C)Oc1ccccc1C#N. The summed E-state index contributed by atoms with van der Waals surface area (Å²) in [6.07, 6.45) is 1.38. The molecule has 3 unspecified atom stereocenters. The number of carbonyl (C=O) groups is 1. The lowest BCUT2D eigenvalue weighted by Gasteiger charge is -2.28. The highest BCUT2D eigenvalue weighted by atomic mass is 16.5. The van der Waals surface area contributed by atoms with E-state index >= 15 is 0 Å². The maximum absolute atomic E-state index is 12.6. The Morgan fingerprint density at radius 3 is 2.91 bits per heavy atom. The van der Waals surface area contributed by atoms with E-state index in [9.17, 15) is 9.90 Å². The van der Waals surface area contributed by atoms with Crippen molar-refractivity contribution in [2.24, 2.45) is 0 Å². The van der Waals surface area contributed by atoms with Crippen molar-refractivity contribution in [3.8, 4) is 11.8 Å². The third-order valence-corrected chi connectivity index (χ3v) is 3.93. The Kier molecular flexibility index (Phi) is 5.40. The van der Waals surface area contributed by atoms with Crippen molar-refractivity contribution in [2.45, 2.75) is 51.4 Å². The number of aliphatic hydroxyl groups excluding tert-OH is 1. The molecule has 1 fully saturated rings. The molecule has 1 saturated heterocycles. The van der Waals surface area contributed by atoms with Gasteiger partial charge in [-0.3, -0.25) is 4.79 Å². The normalized spacial score (nSPS) is 20.3. The van der Waals surface area contributed by atoms with Gasteiger partial charge in [0.25, 0.3) is 5.91 Å². The van der Waals surface area contributed by atoms with Gasteiger partial charge in [0.15, 0.2) is 6.10 Å². The van der Waals surface area contributed by atoms with Gasteiger partial charge in [0, 0.05) is 12.6 Å². The van der Waals surface area contributed by atoms with Gasteiger partial charge in [0.2, 0.25) is 0 Å². The number of nitriles is 1. The molecule has 1 N–H and O–H groups in total. The van der Waals surface area contributed by atoms with E-state index in [0.29, 0.717) is 24.3 Å². The highest BCUT2D eigenvalue weighted by Crippen LogP contribution is 2.24. The zero-order valence-corrected chi connectivity index (χ0v) is 13.0. The lowest BCUT2D eigenvalue weighted by atomic mass is 10.1. The molecule has 22 heavy (non-hydrogen) atoms. The Balaban J connectivity index is 2.04. The van der Waals surface area contributed by atoms with Crippen LogP contribution in [0.1, 0.15) is 38.7 Å². The Labute approximate surface area is 131 Å². The van der Waals surface area contributed by atoms with Gasteiger partial charge in [-0.05, 0) is 45.2 Å². The molecule has 0 aromatic heterocycles. The molecule has 2 rings (SSSR count). The second-order valence-electron chi connectivity index (χ2n) is 5.78. The number of likely N-dealkylation sites (tertiary alicyclic amines) is 1. The molecule has 3 atom stereocenters. The van der Waals surface area contributed by atoms with Gasteiger partial charge >= 0.3 is 0 Å². The highest BCUT2D eigenvalue weighted by molar-refractivity contribution is 5.81. The minimum Gasteiger partial charge on any atom is -0.480 e. The number of hydrogen-bond acceptors (Lipinski definition) is 4. The number of ether oxygens (including phenoxy) is 1. The predicted octanol–water partition coefficient (Wildman–Crippen LogP) is 2.09. The molecule has 1 aliphatic heterocycles. The molecule has 0 saturated carbocycles. The van der Waals surface area contributed by atoms with E-state index in [2.05, 4.69) is 6.07 Å². The number of para-hydroxylation sites is 1. The van der Waals surface area contributed by atoms with Gasteiger partial charge in [-0.2, -0.15) is 5.26 Å². The summed E-state index contributed by atoms with van der Waals surface area (Å²) >= 11 is 0. The minimum absolute atomic E-state index is 0.0739. The van der Waals surface area contributed by atoms with Gasteiger partial charge < -0.3 is 14.7 Å². The average Bonchev–Trinajstić information content (AvgIpc) is 2.94. The molecule has 1 aliphatic rings. The fraction of sp³-hybridized carbons (Fsp3) is 0.529. The molecule has 1 aromatic carbocycles. The monoisotopic (exact) mass is 302 g/mol. The van der Waals surface area contributed by atoms with Crippen molar-refractivity contribution in [3.05, 3.63) is 29.8 Å². The molecular weight excluding hydrogens is 280 g/mol. The number of benzene rings is 1. The number of aliphatic hydroxyl groups is 1. The van der Waals surface area contributed by atoms with Gasteiger partial charge in [-0.1, -0.05) is 12.1 Å². The van der Waals surface area contributed by atoms with E-state index in [1.807, 2.05) is 0 Å². The van der Waals surface area contributed by atoms with Crippen LogP contribution in [0.4, 0.5) is 0 Å². The highest BCUT2D eigenvalue weighted by Gasteiger charge is 2.33. The quantitative estimate of drug-likeness (QED) is 0.904. The van der Waals surface area contributed by atoms with Crippen molar-refractivity contribution in [2.75, 3.05) is 6.54 Å². The van der Waals surface area contributed by atoms with Crippen LogP contribution in [0.5, 0.6) is 5.75 Å². The first-order valence-corrected chi connectivity index (χ1v) is 7.67. The van der Waals surface area contributed by atoms with E-state index < -0.39 is 12.2 Å². The van der Waals surface area contributed by atoms with E-state index in [0.717, 1.165) is 12.8 Å². The van der Waals surface area contributed by atoms with Crippen molar-refractivity contribution in [1.29, 1.82) is 5.26 Å². The third-order valence-electron chi connectivity index (χ3n) is 3.93. The zero-order valence-electron chi connectivity index (χ0n) is 13.0. The van der Waals surface area contributed by atoms with Crippen molar-refractivity contribution in [3.63, 3.8) is 0 Å². The number of rotatable bonds is 5. The summed E-state index contributed by atoms with van der Waals surface area (Å²) in [4.78, 5) is 14.4. The maximum Gasteiger partial charge on any atom is 0.263 e. The van der Waals surface area contributed by atoms with E-state index in [1.54, 1.807) is 43.0 Å². The summed E-state index contributed by atoms with van der Waals surface area (Å²) in [5.41, 5.74) is 0.420. The smallest absolute Gasteiger partial charge is 0.263 e. The molecule has 1 heterocycles. The number of carbonyl (C=O) groups excluding carboxylic acids is 1. The molecule has 0 radical (unpaired) electrons. The topological polar surface area (TPSA) is 73.6 Å². The zero-order chi connectivity index (χ0) is 16.1. The Hall–Kier alpha value is -2.06. The van der Waals surface area contributed by atoms with E-state index in [1.165, 1.54) is 0 Å². The van der Waals surface area contributed by atoms with Crippen LogP contribution in [-0.2, 0) is 4.79 Å². The fourth-order valence-electron chi connectivity index (χ4n) is 2.90. The van der Waals surface area contributed by atoms with Crippen molar-refractivity contribution >= 4 is 5.91 Å². The second kappa shape index (κ2) is 7.28. The number of hydrogen-bond donors (Lipinski definition) is 1. The van der Waals surface area contributed by atoms with Crippen LogP contribution in [0.25, 0.3) is 0 Å².